The highest BCUT2D eigenvalue weighted by Crippen LogP contribution is 2.37. The second-order valence-corrected chi connectivity index (χ2v) is 6.69. The summed E-state index contributed by atoms with van der Waals surface area (Å²) in [5, 5.41) is 14.0. The molecule has 0 bridgehead atoms. The molecule has 1 fully saturated rings. The predicted molar refractivity (Wildman–Crippen MR) is 89.2 cm³/mol. The van der Waals surface area contributed by atoms with E-state index in [1.165, 1.54) is 0 Å². The van der Waals surface area contributed by atoms with Gasteiger partial charge in [-0.3, -0.25) is 9.59 Å². The molecule has 2 heterocycles. The van der Waals surface area contributed by atoms with Crippen LogP contribution in [0, 0.1) is 11.8 Å². The summed E-state index contributed by atoms with van der Waals surface area (Å²) < 4.78 is 1.75. The van der Waals surface area contributed by atoms with Crippen molar-refractivity contribution >= 4 is 29.0 Å². The third kappa shape index (κ3) is 4.19. The minimum absolute atomic E-state index is 0.0628. The van der Waals surface area contributed by atoms with Crippen molar-refractivity contribution in [3.05, 3.63) is 34.7 Å². The number of carbonyl (C=O) groups is 2. The Morgan fingerprint density at radius 1 is 1.43 bits per heavy atom. The Balaban J connectivity index is 1.44. The van der Waals surface area contributed by atoms with Crippen LogP contribution >= 0.6 is 11.3 Å². The van der Waals surface area contributed by atoms with Crippen LogP contribution in [0.15, 0.2) is 29.1 Å². The number of aromatic nitrogens is 2. The Kier molecular flexibility index (Phi) is 4.76. The van der Waals surface area contributed by atoms with Crippen molar-refractivity contribution in [1.82, 2.24) is 15.1 Å². The highest BCUT2D eigenvalue weighted by molar-refractivity contribution is 7.07. The van der Waals surface area contributed by atoms with E-state index in [2.05, 4.69) is 28.0 Å². The molecule has 0 unspecified atom stereocenters. The summed E-state index contributed by atoms with van der Waals surface area (Å²) >= 11 is 1.63. The van der Waals surface area contributed by atoms with Crippen molar-refractivity contribution in [3.63, 3.8) is 0 Å². The van der Waals surface area contributed by atoms with Gasteiger partial charge >= 0.3 is 0 Å². The Morgan fingerprint density at radius 3 is 2.96 bits per heavy atom. The Bertz CT molecular complexity index is 680. The smallest absolute Gasteiger partial charge is 0.227 e. The highest BCUT2D eigenvalue weighted by atomic mass is 32.1. The zero-order chi connectivity index (χ0) is 16.2. The van der Waals surface area contributed by atoms with Gasteiger partial charge in [-0.05, 0) is 34.7 Å². The van der Waals surface area contributed by atoms with E-state index in [0.717, 1.165) is 12.0 Å². The molecule has 1 aliphatic carbocycles. The molecule has 2 amide bonds. The van der Waals surface area contributed by atoms with Gasteiger partial charge in [-0.1, -0.05) is 6.92 Å². The third-order valence-corrected chi connectivity index (χ3v) is 4.73. The maximum atomic E-state index is 12.0. The molecule has 0 radical (unpaired) electrons. The van der Waals surface area contributed by atoms with Crippen molar-refractivity contribution in [3.8, 4) is 0 Å². The van der Waals surface area contributed by atoms with Crippen LogP contribution in [0.2, 0.25) is 0 Å². The van der Waals surface area contributed by atoms with E-state index >= 15 is 0 Å². The molecule has 6 nitrogen and oxygen atoms in total. The molecule has 0 spiro atoms. The standard InChI is InChI=1S/C16H20N4O2S/c1-11-8-13(11)16(22)17-5-3-15(21)19-14-2-6-18-20(14)9-12-4-7-23-10-12/h2,4,6-7,10-11,13H,3,5,8-9H2,1H3,(H,17,22)(H,19,21)/t11-,13-/m1/s1. The number of rotatable bonds is 7. The van der Waals surface area contributed by atoms with Gasteiger partial charge < -0.3 is 10.6 Å². The molecule has 1 saturated carbocycles. The largest absolute Gasteiger partial charge is 0.355 e. The van der Waals surface area contributed by atoms with Gasteiger partial charge in [0.05, 0.1) is 12.7 Å². The van der Waals surface area contributed by atoms with Gasteiger partial charge in [0, 0.05) is 24.9 Å². The Morgan fingerprint density at radius 2 is 2.26 bits per heavy atom. The summed E-state index contributed by atoms with van der Waals surface area (Å²) in [7, 11) is 0. The van der Waals surface area contributed by atoms with Crippen LogP contribution in [0.25, 0.3) is 0 Å². The fourth-order valence-corrected chi connectivity index (χ4v) is 3.10. The van der Waals surface area contributed by atoms with E-state index < -0.39 is 0 Å². The normalized spacial score (nSPS) is 19.3. The van der Waals surface area contributed by atoms with Gasteiger partial charge in [0.2, 0.25) is 11.8 Å². The van der Waals surface area contributed by atoms with E-state index in [-0.39, 0.29) is 24.2 Å². The lowest BCUT2D eigenvalue weighted by atomic mass is 10.3. The molecule has 0 saturated heterocycles. The van der Waals surface area contributed by atoms with E-state index in [9.17, 15) is 9.59 Å². The lowest BCUT2D eigenvalue weighted by molar-refractivity contribution is -0.122. The zero-order valence-corrected chi connectivity index (χ0v) is 13.8. The van der Waals surface area contributed by atoms with Gasteiger partial charge in [0.25, 0.3) is 0 Å². The molecule has 2 N–H and O–H groups in total. The van der Waals surface area contributed by atoms with Crippen LogP contribution in [0.1, 0.15) is 25.3 Å². The number of thiophene rings is 1. The minimum Gasteiger partial charge on any atom is -0.355 e. The molecule has 1 aliphatic rings. The Labute approximate surface area is 138 Å². The molecule has 23 heavy (non-hydrogen) atoms. The van der Waals surface area contributed by atoms with E-state index in [4.69, 9.17) is 0 Å². The van der Waals surface area contributed by atoms with Gasteiger partial charge in [0.1, 0.15) is 5.82 Å². The molecule has 2 atom stereocenters. The molecular weight excluding hydrogens is 312 g/mol. The van der Waals surface area contributed by atoms with Crippen molar-refractivity contribution in [2.24, 2.45) is 11.8 Å². The summed E-state index contributed by atoms with van der Waals surface area (Å²) in [4.78, 5) is 23.7. The van der Waals surface area contributed by atoms with Crippen LogP contribution in [0.4, 0.5) is 5.82 Å². The third-order valence-electron chi connectivity index (χ3n) is 3.99. The lowest BCUT2D eigenvalue weighted by Crippen LogP contribution is -2.29. The first-order valence-electron chi connectivity index (χ1n) is 7.74. The lowest BCUT2D eigenvalue weighted by Gasteiger charge is -2.09. The molecule has 0 aromatic carbocycles. The van der Waals surface area contributed by atoms with Crippen LogP contribution in [-0.4, -0.2) is 28.1 Å². The maximum absolute atomic E-state index is 12.0. The number of hydrogen-bond acceptors (Lipinski definition) is 4. The number of amides is 2. The van der Waals surface area contributed by atoms with Gasteiger partial charge in [-0.15, -0.1) is 0 Å². The molecule has 122 valence electrons. The maximum Gasteiger partial charge on any atom is 0.227 e. The highest BCUT2D eigenvalue weighted by Gasteiger charge is 2.38. The fraction of sp³-hybridized carbons (Fsp3) is 0.438. The molecule has 2 aromatic rings. The van der Waals surface area contributed by atoms with Crippen molar-refractivity contribution in [2.75, 3.05) is 11.9 Å². The molecule has 7 heteroatoms. The van der Waals surface area contributed by atoms with Gasteiger partial charge in [0.15, 0.2) is 0 Å². The summed E-state index contributed by atoms with van der Waals surface area (Å²) in [6.45, 7) is 3.06. The summed E-state index contributed by atoms with van der Waals surface area (Å²) in [5.74, 6) is 1.23. The second-order valence-electron chi connectivity index (χ2n) is 5.91. The number of nitrogens with one attached hydrogen (secondary N) is 2. The summed E-state index contributed by atoms with van der Waals surface area (Å²) in [5.41, 5.74) is 1.15. The number of hydrogen-bond donors (Lipinski definition) is 2. The summed E-state index contributed by atoms with van der Waals surface area (Å²) in [6, 6.07) is 3.81. The number of anilines is 1. The molecular formula is C16H20N4O2S. The van der Waals surface area contributed by atoms with Crippen LogP contribution in [0.5, 0.6) is 0 Å². The Hall–Kier alpha value is -2.15. The van der Waals surface area contributed by atoms with Crippen LogP contribution in [0.3, 0.4) is 0 Å². The monoisotopic (exact) mass is 332 g/mol. The quantitative estimate of drug-likeness (QED) is 0.815. The van der Waals surface area contributed by atoms with Crippen molar-refractivity contribution in [2.45, 2.75) is 26.3 Å². The minimum atomic E-state index is -0.124. The van der Waals surface area contributed by atoms with Crippen molar-refractivity contribution < 1.29 is 9.59 Å². The molecule has 3 rings (SSSR count). The van der Waals surface area contributed by atoms with E-state index in [1.807, 2.05) is 11.4 Å². The average molecular weight is 332 g/mol. The number of carbonyl (C=O) groups excluding carboxylic acids is 2. The topological polar surface area (TPSA) is 76.0 Å². The first-order chi connectivity index (χ1) is 11.1. The summed E-state index contributed by atoms with van der Waals surface area (Å²) in [6.07, 6.45) is 2.88. The van der Waals surface area contributed by atoms with E-state index in [0.29, 0.717) is 24.8 Å². The van der Waals surface area contributed by atoms with Gasteiger partial charge in [-0.25, -0.2) is 4.68 Å². The van der Waals surface area contributed by atoms with E-state index in [1.54, 1.807) is 28.3 Å². The first-order valence-corrected chi connectivity index (χ1v) is 8.68. The zero-order valence-electron chi connectivity index (χ0n) is 13.0. The first kappa shape index (κ1) is 15.7. The molecule has 0 aliphatic heterocycles. The van der Waals surface area contributed by atoms with Crippen molar-refractivity contribution in [1.29, 1.82) is 0 Å². The SMILES string of the molecule is C[C@@H]1C[C@H]1C(=O)NCCC(=O)Nc1ccnn1Cc1ccsc1. The van der Waals surface area contributed by atoms with Crippen LogP contribution in [-0.2, 0) is 16.1 Å². The number of nitrogens with zero attached hydrogens (tertiary/aromatic N) is 2. The molecule has 2 aromatic heterocycles. The fourth-order valence-electron chi connectivity index (χ4n) is 2.44. The predicted octanol–water partition coefficient (Wildman–Crippen LogP) is 2.09. The van der Waals surface area contributed by atoms with Crippen LogP contribution < -0.4 is 10.6 Å². The average Bonchev–Trinajstić information content (AvgIpc) is 2.92. The second kappa shape index (κ2) is 6.95. The van der Waals surface area contributed by atoms with Gasteiger partial charge in [-0.2, -0.15) is 16.4 Å².